The zero-order valence-electron chi connectivity index (χ0n) is 18.4. The van der Waals surface area contributed by atoms with Crippen LogP contribution in [-0.2, 0) is 16.0 Å². The highest BCUT2D eigenvalue weighted by molar-refractivity contribution is 6.39. The van der Waals surface area contributed by atoms with Crippen molar-refractivity contribution in [2.75, 3.05) is 12.4 Å². The third kappa shape index (κ3) is 5.87. The first-order valence-electron chi connectivity index (χ1n) is 10.2. The number of carboxylic acids is 1. The molecule has 3 rings (SSSR count). The molecule has 0 unspecified atom stereocenters. The summed E-state index contributed by atoms with van der Waals surface area (Å²) in [5.41, 5.74) is 2.54. The second-order valence-electron chi connectivity index (χ2n) is 7.43. The van der Waals surface area contributed by atoms with E-state index in [-0.39, 0.29) is 27.9 Å². The predicted molar refractivity (Wildman–Crippen MR) is 132 cm³/mol. The minimum absolute atomic E-state index is 0.00235. The SMILES string of the molecule is COc1ccccc1-c1ccc(C[C@H](NC(=O)c2c(Cl)cccc2Cl)C(=O)O)cc1NC(C)=O. The van der Waals surface area contributed by atoms with E-state index in [2.05, 4.69) is 10.6 Å². The maximum absolute atomic E-state index is 12.7. The number of halogens is 2. The van der Waals surface area contributed by atoms with Gasteiger partial charge in [0, 0.05) is 30.2 Å². The van der Waals surface area contributed by atoms with E-state index in [1.165, 1.54) is 19.1 Å². The summed E-state index contributed by atoms with van der Waals surface area (Å²) in [6.07, 6.45) is -0.0397. The molecule has 176 valence electrons. The van der Waals surface area contributed by atoms with Gasteiger partial charge in [0.2, 0.25) is 5.91 Å². The number of hydrogen-bond acceptors (Lipinski definition) is 4. The standard InChI is InChI=1S/C25H22Cl2N2O5/c1-14(30)28-20-12-15(10-11-16(20)17-6-3-4-9-22(17)34-2)13-21(25(32)33)29-24(31)23-18(26)7-5-8-19(23)27/h3-12,21H,13H2,1-2H3,(H,28,30)(H,29,31)(H,32,33)/t21-/m0/s1. The zero-order valence-corrected chi connectivity index (χ0v) is 19.9. The molecule has 0 fully saturated rings. The van der Waals surface area contributed by atoms with Gasteiger partial charge in [-0.1, -0.05) is 59.6 Å². The molecule has 3 aromatic carbocycles. The monoisotopic (exact) mass is 500 g/mol. The number of para-hydroxylation sites is 1. The molecule has 0 aliphatic heterocycles. The van der Waals surface area contributed by atoms with Crippen LogP contribution in [0.4, 0.5) is 5.69 Å². The van der Waals surface area contributed by atoms with Gasteiger partial charge in [0.25, 0.3) is 5.91 Å². The Morgan fingerprint density at radius 1 is 0.971 bits per heavy atom. The van der Waals surface area contributed by atoms with Crippen LogP contribution in [0.25, 0.3) is 11.1 Å². The fourth-order valence-corrected chi connectivity index (χ4v) is 4.06. The highest BCUT2D eigenvalue weighted by atomic mass is 35.5. The van der Waals surface area contributed by atoms with Crippen molar-refractivity contribution in [2.45, 2.75) is 19.4 Å². The maximum atomic E-state index is 12.7. The molecule has 0 saturated heterocycles. The molecule has 2 amide bonds. The summed E-state index contributed by atoms with van der Waals surface area (Å²) in [5.74, 6) is -1.60. The fourth-order valence-electron chi connectivity index (χ4n) is 3.49. The Morgan fingerprint density at radius 3 is 2.26 bits per heavy atom. The number of carboxylic acid groups (broad SMARTS) is 1. The van der Waals surface area contributed by atoms with Gasteiger partial charge in [-0.2, -0.15) is 0 Å². The van der Waals surface area contributed by atoms with Crippen LogP contribution in [0.15, 0.2) is 60.7 Å². The lowest BCUT2D eigenvalue weighted by Crippen LogP contribution is -2.42. The van der Waals surface area contributed by atoms with Gasteiger partial charge in [0.1, 0.15) is 11.8 Å². The first kappa shape index (κ1) is 25.1. The fraction of sp³-hybridized carbons (Fsp3) is 0.160. The molecule has 3 N–H and O–H groups in total. The van der Waals surface area contributed by atoms with Crippen LogP contribution in [0.2, 0.25) is 10.0 Å². The van der Waals surface area contributed by atoms with Gasteiger partial charge in [0.05, 0.1) is 22.7 Å². The summed E-state index contributed by atoms with van der Waals surface area (Å²) >= 11 is 12.1. The number of aliphatic carboxylic acids is 1. The molecular formula is C25H22Cl2N2O5. The molecule has 0 aliphatic rings. The molecule has 0 bridgehead atoms. The number of hydrogen-bond donors (Lipinski definition) is 3. The lowest BCUT2D eigenvalue weighted by atomic mass is 9.97. The number of rotatable bonds is 8. The first-order chi connectivity index (χ1) is 16.2. The summed E-state index contributed by atoms with van der Waals surface area (Å²) in [5, 5.41) is 15.2. The maximum Gasteiger partial charge on any atom is 0.326 e. The van der Waals surface area contributed by atoms with Crippen molar-refractivity contribution in [1.82, 2.24) is 5.32 Å². The van der Waals surface area contributed by atoms with Crippen molar-refractivity contribution in [1.29, 1.82) is 0 Å². The van der Waals surface area contributed by atoms with E-state index in [0.717, 1.165) is 5.56 Å². The van der Waals surface area contributed by atoms with Gasteiger partial charge in [-0.15, -0.1) is 0 Å². The van der Waals surface area contributed by atoms with Crippen molar-refractivity contribution < 1.29 is 24.2 Å². The Bertz CT molecular complexity index is 1230. The lowest BCUT2D eigenvalue weighted by molar-refractivity contribution is -0.139. The number of anilines is 1. The van der Waals surface area contributed by atoms with Gasteiger partial charge >= 0.3 is 5.97 Å². The molecule has 0 aliphatic carbocycles. The van der Waals surface area contributed by atoms with Crippen molar-refractivity contribution in [2.24, 2.45) is 0 Å². The average molecular weight is 501 g/mol. The molecule has 0 spiro atoms. The zero-order chi connectivity index (χ0) is 24.8. The number of carbonyl (C=O) groups is 3. The number of nitrogens with one attached hydrogen (secondary N) is 2. The van der Waals surface area contributed by atoms with Crippen LogP contribution >= 0.6 is 23.2 Å². The first-order valence-corrected chi connectivity index (χ1v) is 11.0. The van der Waals surface area contributed by atoms with Crippen LogP contribution < -0.4 is 15.4 Å². The second-order valence-corrected chi connectivity index (χ2v) is 8.24. The largest absolute Gasteiger partial charge is 0.496 e. The van der Waals surface area contributed by atoms with E-state index in [1.54, 1.807) is 37.4 Å². The van der Waals surface area contributed by atoms with E-state index in [0.29, 0.717) is 22.6 Å². The number of benzene rings is 3. The third-order valence-corrected chi connectivity index (χ3v) is 5.65. The van der Waals surface area contributed by atoms with E-state index in [9.17, 15) is 19.5 Å². The molecule has 34 heavy (non-hydrogen) atoms. The van der Waals surface area contributed by atoms with Crippen molar-refractivity contribution >= 4 is 46.7 Å². The molecule has 1 atom stereocenters. The Kier molecular flexibility index (Phi) is 8.15. The number of ether oxygens (including phenoxy) is 1. The quantitative estimate of drug-likeness (QED) is 0.401. The third-order valence-electron chi connectivity index (χ3n) is 5.02. The summed E-state index contributed by atoms with van der Waals surface area (Å²) < 4.78 is 5.43. The number of methoxy groups -OCH3 is 1. The lowest BCUT2D eigenvalue weighted by Gasteiger charge is -2.18. The number of amides is 2. The van der Waals surface area contributed by atoms with Gasteiger partial charge in [-0.25, -0.2) is 4.79 Å². The average Bonchev–Trinajstić information content (AvgIpc) is 2.78. The Hall–Kier alpha value is -3.55. The van der Waals surface area contributed by atoms with Crippen molar-refractivity contribution in [3.63, 3.8) is 0 Å². The number of carbonyl (C=O) groups excluding carboxylic acids is 2. The molecule has 3 aromatic rings. The molecular weight excluding hydrogens is 479 g/mol. The normalized spacial score (nSPS) is 11.4. The Labute approximate surface area is 206 Å². The van der Waals surface area contributed by atoms with Crippen LogP contribution in [0.3, 0.4) is 0 Å². The van der Waals surface area contributed by atoms with Gasteiger partial charge in [0.15, 0.2) is 0 Å². The summed E-state index contributed by atoms with van der Waals surface area (Å²) in [6.45, 7) is 1.38. The van der Waals surface area contributed by atoms with Crippen molar-refractivity contribution in [3.05, 3.63) is 81.8 Å². The molecule has 0 heterocycles. The van der Waals surface area contributed by atoms with Crippen LogP contribution in [0.1, 0.15) is 22.8 Å². The van der Waals surface area contributed by atoms with E-state index in [4.69, 9.17) is 27.9 Å². The molecule has 9 heteroatoms. The Morgan fingerprint density at radius 2 is 1.65 bits per heavy atom. The Balaban J connectivity index is 1.92. The minimum atomic E-state index is -1.26. The van der Waals surface area contributed by atoms with Gasteiger partial charge in [-0.05, 0) is 29.8 Å². The minimum Gasteiger partial charge on any atom is -0.496 e. The highest BCUT2D eigenvalue weighted by Gasteiger charge is 2.24. The second kappa shape index (κ2) is 11.0. The van der Waals surface area contributed by atoms with Gasteiger partial charge < -0.3 is 20.5 Å². The van der Waals surface area contributed by atoms with Gasteiger partial charge in [-0.3, -0.25) is 9.59 Å². The molecule has 7 nitrogen and oxygen atoms in total. The molecule has 0 aromatic heterocycles. The molecule has 0 saturated carbocycles. The summed E-state index contributed by atoms with van der Waals surface area (Å²) in [4.78, 5) is 36.4. The topological polar surface area (TPSA) is 105 Å². The summed E-state index contributed by atoms with van der Waals surface area (Å²) in [7, 11) is 1.55. The van der Waals surface area contributed by atoms with Crippen LogP contribution in [0, 0.1) is 0 Å². The van der Waals surface area contributed by atoms with E-state index >= 15 is 0 Å². The van der Waals surface area contributed by atoms with Crippen LogP contribution in [0.5, 0.6) is 5.75 Å². The van der Waals surface area contributed by atoms with E-state index < -0.39 is 17.9 Å². The summed E-state index contributed by atoms with van der Waals surface area (Å²) in [6, 6.07) is 15.8. The predicted octanol–water partition coefficient (Wildman–Crippen LogP) is 5.05. The molecule has 0 radical (unpaired) electrons. The van der Waals surface area contributed by atoms with Crippen molar-refractivity contribution in [3.8, 4) is 16.9 Å². The van der Waals surface area contributed by atoms with E-state index in [1.807, 2.05) is 18.2 Å². The van der Waals surface area contributed by atoms with Crippen LogP contribution in [-0.4, -0.2) is 36.0 Å². The smallest absolute Gasteiger partial charge is 0.326 e. The highest BCUT2D eigenvalue weighted by Crippen LogP contribution is 2.35.